The fourth-order valence-electron chi connectivity index (χ4n) is 3.62. The van der Waals surface area contributed by atoms with Gasteiger partial charge in [-0.2, -0.15) is 0 Å². The molecule has 0 aliphatic heterocycles. The van der Waals surface area contributed by atoms with Gasteiger partial charge in [-0.05, 0) is 73.4 Å². The summed E-state index contributed by atoms with van der Waals surface area (Å²) in [7, 11) is 1.67. The van der Waals surface area contributed by atoms with Crippen molar-refractivity contribution < 1.29 is 9.53 Å². The van der Waals surface area contributed by atoms with E-state index in [1.165, 1.54) is 5.56 Å². The molecule has 0 fully saturated rings. The van der Waals surface area contributed by atoms with Gasteiger partial charge in [0, 0.05) is 17.7 Å². The van der Waals surface area contributed by atoms with E-state index in [1.807, 2.05) is 60.3 Å². The standard InChI is InChI=1S/C25H24N2O2/c1-17-5-4-6-21(13-17)27-16-26-22-15-20(9-11-23(22)27)24(28)12-10-19-8-7-18(2)14-25(19)29-3/h4-9,11,13-16H,10,12H2,1-3H3. The molecule has 0 atom stereocenters. The maximum Gasteiger partial charge on any atom is 0.163 e. The molecule has 3 aromatic carbocycles. The van der Waals surface area contributed by atoms with Crippen molar-refractivity contribution in [2.75, 3.05) is 7.11 Å². The largest absolute Gasteiger partial charge is 0.496 e. The third-order valence-corrected chi connectivity index (χ3v) is 5.21. The zero-order chi connectivity index (χ0) is 20.4. The zero-order valence-electron chi connectivity index (χ0n) is 17.0. The summed E-state index contributed by atoms with van der Waals surface area (Å²) in [6, 6.07) is 20.1. The first kappa shape index (κ1) is 18.9. The Hall–Kier alpha value is -3.40. The third-order valence-electron chi connectivity index (χ3n) is 5.21. The van der Waals surface area contributed by atoms with Crippen molar-refractivity contribution in [3.05, 3.63) is 89.2 Å². The van der Waals surface area contributed by atoms with Crippen molar-refractivity contribution in [3.63, 3.8) is 0 Å². The number of Topliss-reactive ketones (excluding diaryl/α,β-unsaturated/α-hetero) is 1. The number of carbonyl (C=O) groups excluding carboxylic acids is 1. The Morgan fingerprint density at radius 3 is 2.62 bits per heavy atom. The SMILES string of the molecule is COc1cc(C)ccc1CCC(=O)c1ccc2c(c1)ncn2-c1cccc(C)c1. The van der Waals surface area contributed by atoms with E-state index in [0.717, 1.165) is 33.6 Å². The number of carbonyl (C=O) groups is 1. The molecule has 0 saturated heterocycles. The number of benzene rings is 3. The molecule has 0 aliphatic rings. The Labute approximate surface area is 170 Å². The molecule has 0 unspecified atom stereocenters. The lowest BCUT2D eigenvalue weighted by atomic mass is 10.0. The summed E-state index contributed by atoms with van der Waals surface area (Å²) in [5.41, 5.74) is 6.97. The van der Waals surface area contributed by atoms with Gasteiger partial charge in [0.05, 0.1) is 18.1 Å². The molecule has 0 aliphatic carbocycles. The molecule has 0 saturated carbocycles. The third kappa shape index (κ3) is 3.92. The number of ketones is 1. The summed E-state index contributed by atoms with van der Waals surface area (Å²) in [5.74, 6) is 0.949. The molecule has 0 radical (unpaired) electrons. The maximum absolute atomic E-state index is 12.8. The summed E-state index contributed by atoms with van der Waals surface area (Å²) >= 11 is 0. The van der Waals surface area contributed by atoms with Crippen LogP contribution in [0.5, 0.6) is 5.75 Å². The second-order valence-corrected chi connectivity index (χ2v) is 7.40. The van der Waals surface area contributed by atoms with E-state index in [-0.39, 0.29) is 5.78 Å². The van der Waals surface area contributed by atoms with Gasteiger partial charge in [-0.25, -0.2) is 4.98 Å². The quantitative estimate of drug-likeness (QED) is 0.414. The Kier molecular flexibility index (Phi) is 5.17. The van der Waals surface area contributed by atoms with E-state index >= 15 is 0 Å². The second-order valence-electron chi connectivity index (χ2n) is 7.40. The van der Waals surface area contributed by atoms with Crippen molar-refractivity contribution in [1.82, 2.24) is 9.55 Å². The highest BCUT2D eigenvalue weighted by atomic mass is 16.5. The summed E-state index contributed by atoms with van der Waals surface area (Å²) in [6.07, 6.45) is 2.90. The average Bonchev–Trinajstić information content (AvgIpc) is 3.15. The van der Waals surface area contributed by atoms with Crippen LogP contribution in [-0.2, 0) is 6.42 Å². The first-order valence-corrected chi connectivity index (χ1v) is 9.76. The summed E-state index contributed by atoms with van der Waals surface area (Å²) in [5, 5.41) is 0. The maximum atomic E-state index is 12.8. The normalized spacial score (nSPS) is 11.0. The van der Waals surface area contributed by atoms with Crippen LogP contribution < -0.4 is 4.74 Å². The van der Waals surface area contributed by atoms with Crippen LogP contribution in [0, 0.1) is 13.8 Å². The van der Waals surface area contributed by atoms with Gasteiger partial charge in [-0.1, -0.05) is 24.3 Å². The first-order chi connectivity index (χ1) is 14.0. The van der Waals surface area contributed by atoms with Crippen molar-refractivity contribution in [3.8, 4) is 11.4 Å². The Morgan fingerprint density at radius 1 is 1.00 bits per heavy atom. The highest BCUT2D eigenvalue weighted by molar-refractivity contribution is 5.99. The van der Waals surface area contributed by atoms with Crippen LogP contribution in [0.2, 0.25) is 0 Å². The van der Waals surface area contributed by atoms with Crippen molar-refractivity contribution in [1.29, 1.82) is 0 Å². The molecule has 0 bridgehead atoms. The average molecular weight is 384 g/mol. The first-order valence-electron chi connectivity index (χ1n) is 9.76. The van der Waals surface area contributed by atoms with Crippen LogP contribution in [-0.4, -0.2) is 22.4 Å². The van der Waals surface area contributed by atoms with Gasteiger partial charge in [-0.3, -0.25) is 9.36 Å². The highest BCUT2D eigenvalue weighted by Crippen LogP contribution is 2.24. The molecular weight excluding hydrogens is 360 g/mol. The summed E-state index contributed by atoms with van der Waals surface area (Å²) in [4.78, 5) is 17.3. The molecule has 1 aromatic heterocycles. The number of aryl methyl sites for hydroxylation is 3. The Morgan fingerprint density at radius 2 is 1.83 bits per heavy atom. The number of fused-ring (bicyclic) bond motifs is 1. The Balaban J connectivity index is 1.55. The highest BCUT2D eigenvalue weighted by Gasteiger charge is 2.12. The van der Waals surface area contributed by atoms with Gasteiger partial charge in [0.2, 0.25) is 0 Å². The Bertz CT molecular complexity index is 1190. The molecule has 1 heterocycles. The number of ether oxygens (including phenoxy) is 1. The molecule has 0 spiro atoms. The van der Waals surface area contributed by atoms with Crippen LogP contribution in [0.4, 0.5) is 0 Å². The monoisotopic (exact) mass is 384 g/mol. The molecule has 4 aromatic rings. The lowest BCUT2D eigenvalue weighted by Crippen LogP contribution is -2.03. The van der Waals surface area contributed by atoms with Gasteiger partial charge in [0.15, 0.2) is 5.78 Å². The van der Waals surface area contributed by atoms with Gasteiger partial charge in [0.1, 0.15) is 12.1 Å². The molecule has 0 N–H and O–H groups in total. The van der Waals surface area contributed by atoms with E-state index in [0.29, 0.717) is 18.4 Å². The van der Waals surface area contributed by atoms with Crippen LogP contribution in [0.3, 0.4) is 0 Å². The van der Waals surface area contributed by atoms with E-state index in [2.05, 4.69) is 30.1 Å². The van der Waals surface area contributed by atoms with Gasteiger partial charge >= 0.3 is 0 Å². The zero-order valence-corrected chi connectivity index (χ0v) is 17.0. The molecule has 146 valence electrons. The number of aromatic nitrogens is 2. The van der Waals surface area contributed by atoms with Crippen LogP contribution in [0.25, 0.3) is 16.7 Å². The van der Waals surface area contributed by atoms with Crippen molar-refractivity contribution in [2.45, 2.75) is 26.7 Å². The van der Waals surface area contributed by atoms with Crippen molar-refractivity contribution in [2.24, 2.45) is 0 Å². The molecule has 0 amide bonds. The minimum atomic E-state index is 0.111. The molecular formula is C25H24N2O2. The topological polar surface area (TPSA) is 44.1 Å². The number of hydrogen-bond acceptors (Lipinski definition) is 3. The van der Waals surface area contributed by atoms with Crippen LogP contribution in [0.15, 0.2) is 67.0 Å². The van der Waals surface area contributed by atoms with Crippen LogP contribution >= 0.6 is 0 Å². The number of rotatable bonds is 6. The van der Waals surface area contributed by atoms with E-state index in [9.17, 15) is 4.79 Å². The number of hydrogen-bond donors (Lipinski definition) is 0. The van der Waals surface area contributed by atoms with Crippen molar-refractivity contribution >= 4 is 16.8 Å². The number of methoxy groups -OCH3 is 1. The summed E-state index contributed by atoms with van der Waals surface area (Å²) in [6.45, 7) is 4.10. The van der Waals surface area contributed by atoms with Gasteiger partial charge < -0.3 is 4.74 Å². The predicted octanol–water partition coefficient (Wildman–Crippen LogP) is 5.47. The molecule has 4 heteroatoms. The van der Waals surface area contributed by atoms with Gasteiger partial charge in [0.25, 0.3) is 0 Å². The minimum absolute atomic E-state index is 0.111. The number of imidazole rings is 1. The minimum Gasteiger partial charge on any atom is -0.496 e. The summed E-state index contributed by atoms with van der Waals surface area (Å²) < 4.78 is 7.50. The smallest absolute Gasteiger partial charge is 0.163 e. The molecule has 4 nitrogen and oxygen atoms in total. The lowest BCUT2D eigenvalue weighted by Gasteiger charge is -2.09. The fourth-order valence-corrected chi connectivity index (χ4v) is 3.62. The van der Waals surface area contributed by atoms with E-state index < -0.39 is 0 Å². The fraction of sp³-hybridized carbons (Fsp3) is 0.200. The van der Waals surface area contributed by atoms with Crippen LogP contribution in [0.1, 0.15) is 33.5 Å². The lowest BCUT2D eigenvalue weighted by molar-refractivity contribution is 0.0983. The second kappa shape index (κ2) is 7.92. The van der Waals surface area contributed by atoms with E-state index in [4.69, 9.17) is 4.74 Å². The molecule has 29 heavy (non-hydrogen) atoms. The molecule has 4 rings (SSSR count). The van der Waals surface area contributed by atoms with E-state index in [1.54, 1.807) is 7.11 Å². The predicted molar refractivity (Wildman–Crippen MR) is 116 cm³/mol. The van der Waals surface area contributed by atoms with Gasteiger partial charge in [-0.15, -0.1) is 0 Å². The number of nitrogens with zero attached hydrogens (tertiary/aromatic N) is 2.